The van der Waals surface area contributed by atoms with E-state index in [0.29, 0.717) is 52.8 Å². The molecule has 0 spiro atoms. The summed E-state index contributed by atoms with van der Waals surface area (Å²) in [7, 11) is 0. The molecule has 5 heterocycles. The second-order valence-corrected chi connectivity index (χ2v) is 13.5. The lowest BCUT2D eigenvalue weighted by atomic mass is 9.96. The normalized spacial score (nSPS) is 19.8. The minimum atomic E-state index is -0.471. The second kappa shape index (κ2) is 13.6. The van der Waals surface area contributed by atoms with E-state index in [-0.39, 0.29) is 23.3 Å². The first-order valence-electron chi connectivity index (χ1n) is 16.8. The van der Waals surface area contributed by atoms with Crippen molar-refractivity contribution in [2.24, 2.45) is 0 Å². The highest BCUT2D eigenvalue weighted by Gasteiger charge is 2.35. The van der Waals surface area contributed by atoms with Crippen LogP contribution < -0.4 is 10.5 Å². The summed E-state index contributed by atoms with van der Waals surface area (Å²) >= 11 is 0. The molecule has 2 aromatic carbocycles. The molecule has 11 nitrogen and oxygen atoms in total. The lowest BCUT2D eigenvalue weighted by Crippen LogP contribution is -2.59. The number of benzene rings is 2. The van der Waals surface area contributed by atoms with E-state index in [1.807, 2.05) is 35.0 Å². The number of hydrogen-bond donors (Lipinski definition) is 1. The monoisotopic (exact) mass is 664 g/mol. The molecule has 4 aromatic rings. The number of ether oxygens (including phenoxy) is 2. The molecule has 0 aliphatic carbocycles. The zero-order chi connectivity index (χ0) is 34.1. The Hall–Kier alpha value is -4.83. The molecule has 2 N–H and O–H groups in total. The van der Waals surface area contributed by atoms with E-state index in [0.717, 1.165) is 52.2 Å². The highest BCUT2D eigenvalue weighted by atomic mass is 19.1. The van der Waals surface area contributed by atoms with E-state index >= 15 is 4.39 Å². The molecule has 3 aliphatic heterocycles. The van der Waals surface area contributed by atoms with E-state index < -0.39 is 11.4 Å². The van der Waals surface area contributed by atoms with Crippen molar-refractivity contribution in [3.8, 4) is 28.7 Å². The van der Waals surface area contributed by atoms with Crippen LogP contribution in [0.2, 0.25) is 0 Å². The van der Waals surface area contributed by atoms with Crippen molar-refractivity contribution in [2.45, 2.75) is 44.3 Å². The number of nitriles is 1. The van der Waals surface area contributed by atoms with E-state index in [4.69, 9.17) is 15.2 Å². The number of fused-ring (bicyclic) bond motifs is 1. The number of rotatable bonds is 8. The summed E-state index contributed by atoms with van der Waals surface area (Å²) in [5.41, 5.74) is 7.51. The van der Waals surface area contributed by atoms with Gasteiger partial charge in [0, 0.05) is 68.2 Å². The molecule has 12 heteroatoms. The minimum absolute atomic E-state index is 0.143. The van der Waals surface area contributed by atoms with Gasteiger partial charge in [-0.1, -0.05) is 18.2 Å². The molecule has 1 atom stereocenters. The predicted octanol–water partition coefficient (Wildman–Crippen LogP) is 5.02. The first kappa shape index (κ1) is 32.7. The summed E-state index contributed by atoms with van der Waals surface area (Å²) in [5.74, 6) is 0.469. The van der Waals surface area contributed by atoms with Crippen LogP contribution >= 0.6 is 0 Å². The van der Waals surface area contributed by atoms with E-state index in [1.54, 1.807) is 29.2 Å². The first-order chi connectivity index (χ1) is 23.7. The number of likely N-dealkylation sites (tertiary alicyclic amines) is 1. The van der Waals surface area contributed by atoms with Crippen LogP contribution in [0.15, 0.2) is 72.7 Å². The summed E-state index contributed by atoms with van der Waals surface area (Å²) in [5, 5.41) is 10.7. The Morgan fingerprint density at radius 3 is 2.51 bits per heavy atom. The maximum absolute atomic E-state index is 15.7. The minimum Gasteiger partial charge on any atom is -0.457 e. The van der Waals surface area contributed by atoms with Gasteiger partial charge in [0.25, 0.3) is 5.91 Å². The quantitative estimate of drug-likeness (QED) is 0.204. The molecule has 3 saturated heterocycles. The third-order valence-corrected chi connectivity index (χ3v) is 10.0. The van der Waals surface area contributed by atoms with Gasteiger partial charge >= 0.3 is 0 Å². The second-order valence-electron chi connectivity index (χ2n) is 13.5. The van der Waals surface area contributed by atoms with Crippen LogP contribution in [0.25, 0.3) is 22.2 Å². The fourth-order valence-corrected chi connectivity index (χ4v) is 7.21. The van der Waals surface area contributed by atoms with E-state index in [9.17, 15) is 10.1 Å². The third-order valence-electron chi connectivity index (χ3n) is 10.0. The summed E-state index contributed by atoms with van der Waals surface area (Å²) in [6.07, 6.45) is 6.59. The average Bonchev–Trinajstić information content (AvgIpc) is 3.48. The van der Waals surface area contributed by atoms with E-state index in [1.165, 1.54) is 12.4 Å². The van der Waals surface area contributed by atoms with Crippen molar-refractivity contribution < 1.29 is 18.7 Å². The smallest absolute Gasteiger partial charge is 0.264 e. The van der Waals surface area contributed by atoms with Crippen LogP contribution in [0.5, 0.6) is 11.5 Å². The van der Waals surface area contributed by atoms with Gasteiger partial charge in [-0.25, -0.2) is 14.4 Å². The Morgan fingerprint density at radius 1 is 1.04 bits per heavy atom. The van der Waals surface area contributed by atoms with Gasteiger partial charge in [-0.3, -0.25) is 14.6 Å². The fraction of sp³-hybridized carbons (Fsp3) is 0.405. The maximum Gasteiger partial charge on any atom is 0.264 e. The molecule has 254 valence electrons. The number of piperazine rings is 1. The standard InChI is InChI=1S/C37H41FN8O3/c1-37(2,45-15-13-43(14-16-45)27-22-48-23-27)18-25(19-39)36(47)44-12-6-7-26(20-44)46-21-31(33-34(40)41-24-42-35(33)46)30-11-10-29(17-32(30)38)49-28-8-4-3-5-9-28/h3-5,8-11,17-18,21,24,26-27H,6-7,12-16,20,22-23H2,1-2H3,(H2,40,41,42). The number of para-hydroxylation sites is 1. The lowest BCUT2D eigenvalue weighted by molar-refractivity contribution is -0.128. The molecule has 3 fully saturated rings. The number of anilines is 1. The van der Waals surface area contributed by atoms with Crippen LogP contribution in [0.4, 0.5) is 10.2 Å². The molecule has 1 amide bonds. The number of carbonyl (C=O) groups is 1. The van der Waals surface area contributed by atoms with Crippen molar-refractivity contribution in [3.63, 3.8) is 0 Å². The summed E-state index contributed by atoms with van der Waals surface area (Å²) in [6.45, 7) is 10.2. The van der Waals surface area contributed by atoms with Crippen molar-refractivity contribution in [3.05, 3.63) is 78.5 Å². The first-order valence-corrected chi connectivity index (χ1v) is 16.8. The average molecular weight is 665 g/mol. The lowest BCUT2D eigenvalue weighted by Gasteiger charge is -2.46. The van der Waals surface area contributed by atoms with Crippen molar-refractivity contribution in [1.82, 2.24) is 29.2 Å². The fourth-order valence-electron chi connectivity index (χ4n) is 7.21. The number of nitrogen functional groups attached to an aromatic ring is 1. The van der Waals surface area contributed by atoms with Crippen molar-refractivity contribution in [2.75, 3.05) is 58.2 Å². The van der Waals surface area contributed by atoms with Gasteiger partial charge < -0.3 is 24.7 Å². The SMILES string of the molecule is CC(C)(C=C(C#N)C(=O)N1CCCC(n2cc(-c3ccc(Oc4ccccc4)cc3F)c3c(N)ncnc32)C1)N1CCN(C2COC2)CC1. The van der Waals surface area contributed by atoms with Gasteiger partial charge in [0.2, 0.25) is 0 Å². The number of nitrogens with zero attached hydrogens (tertiary/aromatic N) is 7. The zero-order valence-electron chi connectivity index (χ0n) is 27.9. The largest absolute Gasteiger partial charge is 0.457 e. The highest BCUT2D eigenvalue weighted by Crippen LogP contribution is 2.38. The van der Waals surface area contributed by atoms with Crippen molar-refractivity contribution >= 4 is 22.8 Å². The predicted molar refractivity (Wildman–Crippen MR) is 184 cm³/mol. The summed E-state index contributed by atoms with van der Waals surface area (Å²) < 4.78 is 28.9. The molecule has 49 heavy (non-hydrogen) atoms. The number of amides is 1. The number of nitrogens with two attached hydrogens (primary N) is 1. The molecular weight excluding hydrogens is 623 g/mol. The number of hydrogen-bond acceptors (Lipinski definition) is 9. The van der Waals surface area contributed by atoms with Crippen molar-refractivity contribution in [1.29, 1.82) is 5.26 Å². The topological polar surface area (TPSA) is 126 Å². The molecule has 2 aromatic heterocycles. The van der Waals surface area contributed by atoms with Gasteiger partial charge in [-0.05, 0) is 57.0 Å². The summed E-state index contributed by atoms with van der Waals surface area (Å²) in [4.78, 5) is 29.2. The summed E-state index contributed by atoms with van der Waals surface area (Å²) in [6, 6.07) is 16.5. The van der Waals surface area contributed by atoms with Crippen LogP contribution in [0.1, 0.15) is 32.7 Å². The van der Waals surface area contributed by atoms with Gasteiger partial charge in [0.05, 0.1) is 30.7 Å². The number of halogens is 1. The van der Waals surface area contributed by atoms with Crippen LogP contribution in [-0.4, -0.2) is 99.2 Å². The molecular formula is C37H41FN8O3. The molecule has 0 bridgehead atoms. The number of piperidine rings is 1. The van der Waals surface area contributed by atoms with Gasteiger partial charge in [0.1, 0.15) is 46.8 Å². The van der Waals surface area contributed by atoms with Gasteiger partial charge in [-0.2, -0.15) is 5.26 Å². The van der Waals surface area contributed by atoms with Crippen LogP contribution in [0.3, 0.4) is 0 Å². The van der Waals surface area contributed by atoms with Gasteiger partial charge in [0.15, 0.2) is 0 Å². The molecule has 0 radical (unpaired) electrons. The van der Waals surface area contributed by atoms with Crippen LogP contribution in [0, 0.1) is 17.1 Å². The molecule has 1 unspecified atom stereocenters. The van der Waals surface area contributed by atoms with E-state index in [2.05, 4.69) is 39.7 Å². The van der Waals surface area contributed by atoms with Gasteiger partial charge in [-0.15, -0.1) is 0 Å². The Balaban J connectivity index is 1.11. The maximum atomic E-state index is 15.7. The Morgan fingerprint density at radius 2 is 1.82 bits per heavy atom. The van der Waals surface area contributed by atoms with Crippen LogP contribution in [-0.2, 0) is 9.53 Å². The zero-order valence-corrected chi connectivity index (χ0v) is 27.9. The number of carbonyl (C=O) groups excluding carboxylic acids is 1. The Bertz CT molecular complexity index is 1910. The number of aromatic nitrogens is 3. The molecule has 0 saturated carbocycles. The Labute approximate surface area is 285 Å². The molecule has 3 aliphatic rings. The molecule has 7 rings (SSSR count). The Kier molecular flexibility index (Phi) is 9.07. The highest BCUT2D eigenvalue weighted by molar-refractivity contribution is 6.01. The third kappa shape index (κ3) is 6.62.